The Morgan fingerprint density at radius 1 is 1.40 bits per heavy atom. The third-order valence-electron chi connectivity index (χ3n) is 4.90. The van der Waals surface area contributed by atoms with Crippen LogP contribution in [0.1, 0.15) is 30.1 Å². The number of aryl methyl sites for hydroxylation is 1. The number of para-hydroxylation sites is 1. The summed E-state index contributed by atoms with van der Waals surface area (Å²) in [5.74, 6) is 3.11. The van der Waals surface area contributed by atoms with Crippen molar-refractivity contribution in [2.24, 2.45) is 5.92 Å². The lowest BCUT2D eigenvalue weighted by Crippen LogP contribution is -2.37. The molecule has 1 amide bonds. The normalized spacial score (nSPS) is 18.7. The van der Waals surface area contributed by atoms with Gasteiger partial charge in [0.05, 0.1) is 19.6 Å². The number of aromatic nitrogens is 3. The summed E-state index contributed by atoms with van der Waals surface area (Å²) >= 11 is 0. The molecule has 3 heterocycles. The lowest BCUT2D eigenvalue weighted by atomic mass is 9.95. The van der Waals surface area contributed by atoms with E-state index < -0.39 is 0 Å². The monoisotopic (exact) mass is 342 g/mol. The molecule has 0 saturated carbocycles. The summed E-state index contributed by atoms with van der Waals surface area (Å²) in [6, 6.07) is 5.77. The molecule has 0 radical (unpaired) electrons. The summed E-state index contributed by atoms with van der Waals surface area (Å²) in [7, 11) is 1.62. The molecule has 0 bridgehead atoms. The van der Waals surface area contributed by atoms with Crippen LogP contribution >= 0.6 is 0 Å². The van der Waals surface area contributed by atoms with Crippen molar-refractivity contribution in [3.8, 4) is 11.5 Å². The highest BCUT2D eigenvalue weighted by Gasteiger charge is 2.28. The first-order chi connectivity index (χ1) is 12.3. The van der Waals surface area contributed by atoms with Gasteiger partial charge in [-0.15, -0.1) is 10.2 Å². The largest absolute Gasteiger partial charge is 0.493 e. The number of nitrogens with zero attached hydrogens (tertiary/aromatic N) is 3. The van der Waals surface area contributed by atoms with Gasteiger partial charge in [-0.05, 0) is 30.9 Å². The summed E-state index contributed by atoms with van der Waals surface area (Å²) in [6.07, 6.45) is 3.92. The molecular formula is C18H22N4O3. The summed E-state index contributed by atoms with van der Waals surface area (Å²) in [5, 5.41) is 11.4. The van der Waals surface area contributed by atoms with Crippen LogP contribution in [0.2, 0.25) is 0 Å². The molecule has 1 aromatic carbocycles. The van der Waals surface area contributed by atoms with E-state index in [4.69, 9.17) is 9.47 Å². The average Bonchev–Trinajstić information content (AvgIpc) is 3.08. The number of rotatable bonds is 4. The van der Waals surface area contributed by atoms with Crippen LogP contribution < -0.4 is 14.8 Å². The Morgan fingerprint density at radius 2 is 2.32 bits per heavy atom. The Labute approximate surface area is 146 Å². The fourth-order valence-corrected chi connectivity index (χ4v) is 3.53. The first-order valence-corrected chi connectivity index (χ1v) is 8.73. The summed E-state index contributed by atoms with van der Waals surface area (Å²) in [4.78, 5) is 12.5. The Hall–Kier alpha value is -2.57. The topological polar surface area (TPSA) is 78.3 Å². The minimum Gasteiger partial charge on any atom is -0.493 e. The maximum atomic E-state index is 12.5. The van der Waals surface area contributed by atoms with Gasteiger partial charge in [0.25, 0.3) is 0 Å². The molecule has 0 aliphatic carbocycles. The van der Waals surface area contributed by atoms with E-state index in [-0.39, 0.29) is 11.8 Å². The van der Waals surface area contributed by atoms with E-state index in [1.165, 1.54) is 0 Å². The number of hydrogen-bond donors (Lipinski definition) is 1. The van der Waals surface area contributed by atoms with Crippen LogP contribution in [-0.4, -0.2) is 34.4 Å². The quantitative estimate of drug-likeness (QED) is 0.911. The zero-order valence-electron chi connectivity index (χ0n) is 14.3. The zero-order valence-corrected chi connectivity index (χ0v) is 14.3. The summed E-state index contributed by atoms with van der Waals surface area (Å²) in [5.41, 5.74) is 1.01. The SMILES string of the molecule is COc1cccc2c1OC[C@H](C(=O)NCc1nnc3n1CCCC3)C2. The van der Waals surface area contributed by atoms with Crippen molar-refractivity contribution in [3.63, 3.8) is 0 Å². The van der Waals surface area contributed by atoms with Gasteiger partial charge in [-0.1, -0.05) is 12.1 Å². The summed E-state index contributed by atoms with van der Waals surface area (Å²) < 4.78 is 13.2. The molecule has 1 aromatic heterocycles. The van der Waals surface area contributed by atoms with Gasteiger partial charge >= 0.3 is 0 Å². The van der Waals surface area contributed by atoms with E-state index in [2.05, 4.69) is 20.1 Å². The first kappa shape index (κ1) is 15.9. The Balaban J connectivity index is 1.40. The second-order valence-electron chi connectivity index (χ2n) is 6.52. The van der Waals surface area contributed by atoms with E-state index in [1.54, 1.807) is 7.11 Å². The van der Waals surface area contributed by atoms with Gasteiger partial charge in [0.2, 0.25) is 5.91 Å². The molecule has 2 aliphatic rings. The van der Waals surface area contributed by atoms with Gasteiger partial charge in [0.15, 0.2) is 17.3 Å². The molecule has 25 heavy (non-hydrogen) atoms. The minimum atomic E-state index is -0.205. The predicted octanol–water partition coefficient (Wildman–Crippen LogP) is 1.49. The third-order valence-corrected chi connectivity index (χ3v) is 4.90. The van der Waals surface area contributed by atoms with Crippen LogP contribution in [0.15, 0.2) is 18.2 Å². The summed E-state index contributed by atoms with van der Waals surface area (Å²) in [6.45, 7) is 1.71. The van der Waals surface area contributed by atoms with Crippen LogP contribution in [0, 0.1) is 5.92 Å². The van der Waals surface area contributed by atoms with Crippen LogP contribution in [0.3, 0.4) is 0 Å². The molecule has 2 aliphatic heterocycles. The van der Waals surface area contributed by atoms with Gasteiger partial charge in [0, 0.05) is 13.0 Å². The van der Waals surface area contributed by atoms with Crippen molar-refractivity contribution in [3.05, 3.63) is 35.4 Å². The predicted molar refractivity (Wildman–Crippen MR) is 90.5 cm³/mol. The maximum Gasteiger partial charge on any atom is 0.227 e. The van der Waals surface area contributed by atoms with Gasteiger partial charge in [-0.2, -0.15) is 0 Å². The highest BCUT2D eigenvalue weighted by molar-refractivity contribution is 5.79. The van der Waals surface area contributed by atoms with Gasteiger partial charge < -0.3 is 19.4 Å². The Bertz CT molecular complexity index is 787. The number of methoxy groups -OCH3 is 1. The second-order valence-corrected chi connectivity index (χ2v) is 6.52. The van der Waals surface area contributed by atoms with E-state index in [9.17, 15) is 4.79 Å². The molecule has 132 valence electrons. The van der Waals surface area contributed by atoms with Crippen molar-refractivity contribution in [1.82, 2.24) is 20.1 Å². The number of carbonyl (C=O) groups is 1. The molecule has 0 unspecified atom stereocenters. The van der Waals surface area contributed by atoms with Crippen molar-refractivity contribution in [1.29, 1.82) is 0 Å². The van der Waals surface area contributed by atoms with E-state index in [0.717, 1.165) is 48.8 Å². The van der Waals surface area contributed by atoms with Gasteiger partial charge in [0.1, 0.15) is 12.4 Å². The van der Waals surface area contributed by atoms with E-state index >= 15 is 0 Å². The van der Waals surface area contributed by atoms with Crippen LogP contribution in [0.4, 0.5) is 0 Å². The molecular weight excluding hydrogens is 320 g/mol. The molecule has 2 aromatic rings. The van der Waals surface area contributed by atoms with E-state index in [0.29, 0.717) is 25.3 Å². The number of ether oxygens (including phenoxy) is 2. The number of fused-ring (bicyclic) bond motifs is 2. The molecule has 1 N–H and O–H groups in total. The number of hydrogen-bond acceptors (Lipinski definition) is 5. The van der Waals surface area contributed by atoms with Crippen LogP contribution in [0.5, 0.6) is 11.5 Å². The standard InChI is InChI=1S/C18H22N4O3/c1-24-14-6-4-5-12-9-13(11-25-17(12)14)18(23)19-10-16-21-20-15-7-2-3-8-22(15)16/h4-6,13H,2-3,7-11H2,1H3,(H,19,23)/t13-/m1/s1. The lowest BCUT2D eigenvalue weighted by molar-refractivity contribution is -0.126. The van der Waals surface area contributed by atoms with Crippen molar-refractivity contribution < 1.29 is 14.3 Å². The highest BCUT2D eigenvalue weighted by atomic mass is 16.5. The van der Waals surface area contributed by atoms with Gasteiger partial charge in [-0.3, -0.25) is 4.79 Å². The minimum absolute atomic E-state index is 0.0124. The number of carbonyl (C=O) groups excluding carboxylic acids is 1. The van der Waals surface area contributed by atoms with Crippen LogP contribution in [0.25, 0.3) is 0 Å². The van der Waals surface area contributed by atoms with Crippen molar-refractivity contribution in [2.45, 2.75) is 38.8 Å². The fourth-order valence-electron chi connectivity index (χ4n) is 3.53. The van der Waals surface area contributed by atoms with Crippen molar-refractivity contribution in [2.75, 3.05) is 13.7 Å². The molecule has 0 fully saturated rings. The van der Waals surface area contributed by atoms with Crippen LogP contribution in [-0.2, 0) is 30.7 Å². The van der Waals surface area contributed by atoms with Crippen molar-refractivity contribution >= 4 is 5.91 Å². The second kappa shape index (κ2) is 6.74. The molecule has 4 rings (SSSR count). The molecule has 0 saturated heterocycles. The Morgan fingerprint density at radius 3 is 3.20 bits per heavy atom. The fraction of sp³-hybridized carbons (Fsp3) is 0.500. The third kappa shape index (κ3) is 3.06. The lowest BCUT2D eigenvalue weighted by Gasteiger charge is -2.25. The molecule has 7 nitrogen and oxygen atoms in total. The molecule has 1 atom stereocenters. The Kier molecular flexibility index (Phi) is 4.29. The number of nitrogens with one attached hydrogen (secondary N) is 1. The average molecular weight is 342 g/mol. The highest BCUT2D eigenvalue weighted by Crippen LogP contribution is 2.36. The smallest absolute Gasteiger partial charge is 0.227 e. The molecule has 0 spiro atoms. The zero-order chi connectivity index (χ0) is 17.2. The maximum absolute atomic E-state index is 12.5. The number of amides is 1. The first-order valence-electron chi connectivity index (χ1n) is 8.73. The molecule has 7 heteroatoms. The van der Waals surface area contributed by atoms with E-state index in [1.807, 2.05) is 18.2 Å². The van der Waals surface area contributed by atoms with Gasteiger partial charge in [-0.25, -0.2) is 0 Å². The number of benzene rings is 1.